The summed E-state index contributed by atoms with van der Waals surface area (Å²) in [6, 6.07) is -0.985. The van der Waals surface area contributed by atoms with Gasteiger partial charge in [0.1, 0.15) is 73.2 Å². The molecule has 522 valence electrons. The van der Waals surface area contributed by atoms with Gasteiger partial charge in [-0.1, -0.05) is 249 Å². The molecule has 0 aromatic heterocycles. The molecule has 19 nitrogen and oxygen atoms in total. The molecule has 3 fully saturated rings. The molecule has 0 bridgehead atoms. The third kappa shape index (κ3) is 34.3. The van der Waals surface area contributed by atoms with Crippen LogP contribution in [0.2, 0.25) is 0 Å². The summed E-state index contributed by atoms with van der Waals surface area (Å²) in [4.78, 5) is 13.3. The lowest BCUT2D eigenvalue weighted by molar-refractivity contribution is -0.379. The average molecular weight is 1270 g/mol. The van der Waals surface area contributed by atoms with E-state index in [4.69, 9.17) is 28.4 Å². The van der Waals surface area contributed by atoms with Crippen LogP contribution in [-0.2, 0) is 33.2 Å². The molecule has 89 heavy (non-hydrogen) atoms. The second-order valence-corrected chi connectivity index (χ2v) is 25.7. The summed E-state index contributed by atoms with van der Waals surface area (Å²) in [5.74, 6) is -0.286. The van der Waals surface area contributed by atoms with Crippen LogP contribution >= 0.6 is 0 Å². The van der Waals surface area contributed by atoms with E-state index in [1.807, 2.05) is 6.08 Å². The van der Waals surface area contributed by atoms with Crippen LogP contribution in [0.15, 0.2) is 36.5 Å². The zero-order chi connectivity index (χ0) is 64.7. The minimum atomic E-state index is -1.98. The van der Waals surface area contributed by atoms with Crippen molar-refractivity contribution < 1.29 is 89.4 Å². The molecule has 3 heterocycles. The van der Waals surface area contributed by atoms with Crippen molar-refractivity contribution in [2.75, 3.05) is 26.4 Å². The van der Waals surface area contributed by atoms with Crippen LogP contribution in [0.3, 0.4) is 0 Å². The molecule has 19 heteroatoms. The number of unbranched alkanes of at least 4 members (excludes halogenated alkanes) is 35. The molecule has 17 unspecified atom stereocenters. The van der Waals surface area contributed by atoms with Crippen molar-refractivity contribution in [1.29, 1.82) is 0 Å². The second-order valence-electron chi connectivity index (χ2n) is 25.7. The number of rotatable bonds is 55. The molecule has 1 amide bonds. The van der Waals surface area contributed by atoms with Gasteiger partial charge >= 0.3 is 0 Å². The van der Waals surface area contributed by atoms with E-state index in [1.54, 1.807) is 6.08 Å². The van der Waals surface area contributed by atoms with Crippen LogP contribution in [0.4, 0.5) is 0 Å². The predicted octanol–water partition coefficient (Wildman–Crippen LogP) is 9.61. The maximum atomic E-state index is 13.3. The zero-order valence-corrected chi connectivity index (χ0v) is 55.2. The zero-order valence-electron chi connectivity index (χ0n) is 55.2. The van der Waals surface area contributed by atoms with E-state index in [-0.39, 0.29) is 18.9 Å². The lowest BCUT2D eigenvalue weighted by atomic mass is 9.96. The fourth-order valence-corrected chi connectivity index (χ4v) is 12.1. The topological polar surface area (TPSA) is 307 Å². The third-order valence-corrected chi connectivity index (χ3v) is 17.9. The van der Waals surface area contributed by atoms with Crippen molar-refractivity contribution in [2.24, 2.45) is 0 Å². The average Bonchev–Trinajstić information content (AvgIpc) is 2.14. The summed E-state index contributed by atoms with van der Waals surface area (Å²) >= 11 is 0. The number of hydrogen-bond acceptors (Lipinski definition) is 18. The molecule has 0 spiro atoms. The Morgan fingerprint density at radius 2 is 0.742 bits per heavy atom. The first-order valence-corrected chi connectivity index (χ1v) is 35.7. The SMILES string of the molecule is CCC/C=C/CC/C=C/C(O)C(COC1OC(CO)C(OC2OC(CO)C(OC3OC(CO)C(O)C(O)C3O)C(O)C2O)C(O)C1O)NC(=O)CCCCCCCCCCCCCCCCCCCCCCCCCCC/C=C\CCCCCCCCCC. The van der Waals surface area contributed by atoms with Crippen LogP contribution in [0.25, 0.3) is 0 Å². The van der Waals surface area contributed by atoms with E-state index in [1.165, 1.54) is 199 Å². The summed E-state index contributed by atoms with van der Waals surface area (Å²) in [6.07, 6.45) is 35.2. The van der Waals surface area contributed by atoms with Gasteiger partial charge in [0.2, 0.25) is 5.91 Å². The van der Waals surface area contributed by atoms with Crippen LogP contribution in [0.5, 0.6) is 0 Å². The molecule has 12 N–H and O–H groups in total. The Morgan fingerprint density at radius 3 is 1.17 bits per heavy atom. The van der Waals surface area contributed by atoms with Gasteiger partial charge < -0.3 is 89.9 Å². The summed E-state index contributed by atoms with van der Waals surface area (Å²) < 4.78 is 34.2. The molecule has 0 aromatic carbocycles. The molecular formula is C70H129NO18. The molecule has 17 atom stereocenters. The van der Waals surface area contributed by atoms with E-state index < -0.39 is 124 Å². The fourth-order valence-electron chi connectivity index (χ4n) is 12.1. The quantitative estimate of drug-likeness (QED) is 0.0199. The van der Waals surface area contributed by atoms with E-state index in [9.17, 15) is 61.0 Å². The van der Waals surface area contributed by atoms with Gasteiger partial charge in [0.05, 0.1) is 38.6 Å². The number of hydrogen-bond donors (Lipinski definition) is 12. The molecule has 3 aliphatic heterocycles. The van der Waals surface area contributed by atoms with Gasteiger partial charge in [0.15, 0.2) is 18.9 Å². The Morgan fingerprint density at radius 1 is 0.393 bits per heavy atom. The predicted molar refractivity (Wildman–Crippen MR) is 346 cm³/mol. The molecule has 0 saturated carbocycles. The van der Waals surface area contributed by atoms with Crippen molar-refractivity contribution in [3.8, 4) is 0 Å². The molecule has 3 aliphatic rings. The number of allylic oxidation sites excluding steroid dienone is 5. The van der Waals surface area contributed by atoms with Crippen molar-refractivity contribution in [3.05, 3.63) is 36.5 Å². The summed E-state index contributed by atoms with van der Waals surface area (Å²) in [6.45, 7) is 1.60. The fraction of sp³-hybridized carbons (Fsp3) is 0.900. The highest BCUT2D eigenvalue weighted by molar-refractivity contribution is 5.76. The Labute approximate surface area is 536 Å². The Hall–Kier alpha value is -1.99. The lowest BCUT2D eigenvalue weighted by Crippen LogP contribution is -2.66. The molecule has 3 rings (SSSR count). The maximum Gasteiger partial charge on any atom is 0.220 e. The highest BCUT2D eigenvalue weighted by atomic mass is 16.8. The van der Waals surface area contributed by atoms with Crippen LogP contribution < -0.4 is 5.32 Å². The first-order valence-electron chi connectivity index (χ1n) is 35.7. The van der Waals surface area contributed by atoms with Gasteiger partial charge in [-0.2, -0.15) is 0 Å². The monoisotopic (exact) mass is 1270 g/mol. The van der Waals surface area contributed by atoms with Gasteiger partial charge in [-0.3, -0.25) is 4.79 Å². The number of carbonyl (C=O) groups excluding carboxylic acids is 1. The van der Waals surface area contributed by atoms with Gasteiger partial charge in [0.25, 0.3) is 0 Å². The number of carbonyl (C=O) groups is 1. The highest BCUT2D eigenvalue weighted by Crippen LogP contribution is 2.33. The number of aliphatic hydroxyl groups excluding tert-OH is 11. The first kappa shape index (κ1) is 81.2. The summed E-state index contributed by atoms with van der Waals surface area (Å²) in [5, 5.41) is 120. The lowest BCUT2D eigenvalue weighted by Gasteiger charge is -2.48. The molecule has 3 saturated heterocycles. The van der Waals surface area contributed by atoms with E-state index in [0.29, 0.717) is 12.8 Å². The molecule has 0 aromatic rings. The highest BCUT2D eigenvalue weighted by Gasteiger charge is 2.53. The van der Waals surface area contributed by atoms with Crippen molar-refractivity contribution >= 4 is 5.91 Å². The largest absolute Gasteiger partial charge is 0.394 e. The minimum Gasteiger partial charge on any atom is -0.394 e. The minimum absolute atomic E-state index is 0.238. The molecular weight excluding hydrogens is 1140 g/mol. The van der Waals surface area contributed by atoms with Gasteiger partial charge in [0, 0.05) is 6.42 Å². The number of nitrogens with one attached hydrogen (secondary N) is 1. The standard InChI is InChI=1S/C70H129NO18/c1-3-5-7-9-11-12-13-14-15-16-17-18-19-20-21-22-23-24-25-26-27-28-29-30-31-32-33-34-35-36-37-38-39-40-42-44-46-48-58(76)71-53(54(75)47-45-43-41-10-8-6-4-2)52-84-68-64(82)61(79)66(56(50-73)86-68)89-70-65(83)62(80)67(57(51-74)87-70)88-69-63(81)60(78)59(77)55(49-72)85-69/h8,10,16-17,45,47,53-57,59-70,72-75,77-83H,3-7,9,11-15,18-44,46,48-52H2,1-2H3,(H,71,76)/b10-8+,17-16-,47-45+. The molecule has 0 aliphatic carbocycles. The van der Waals surface area contributed by atoms with Crippen LogP contribution in [-0.4, -0.2) is 193 Å². The smallest absolute Gasteiger partial charge is 0.220 e. The van der Waals surface area contributed by atoms with Gasteiger partial charge in [-0.05, 0) is 51.4 Å². The number of amides is 1. The van der Waals surface area contributed by atoms with E-state index in [0.717, 1.165) is 38.5 Å². The Balaban J connectivity index is 1.25. The number of aliphatic hydroxyl groups is 11. The second kappa shape index (κ2) is 52.3. The summed E-state index contributed by atoms with van der Waals surface area (Å²) in [5.41, 5.74) is 0. The normalized spacial score (nSPS) is 28.4. The van der Waals surface area contributed by atoms with Crippen molar-refractivity contribution in [2.45, 2.75) is 375 Å². The Kier molecular flexibility index (Phi) is 47.7. The first-order chi connectivity index (χ1) is 43.3. The third-order valence-electron chi connectivity index (χ3n) is 17.9. The van der Waals surface area contributed by atoms with Crippen molar-refractivity contribution in [1.82, 2.24) is 5.32 Å². The Bertz CT molecular complexity index is 1760. The molecule has 0 radical (unpaired) electrons. The van der Waals surface area contributed by atoms with Gasteiger partial charge in [-0.15, -0.1) is 0 Å². The summed E-state index contributed by atoms with van der Waals surface area (Å²) in [7, 11) is 0. The van der Waals surface area contributed by atoms with E-state index >= 15 is 0 Å². The van der Waals surface area contributed by atoms with Gasteiger partial charge in [-0.25, -0.2) is 0 Å². The van der Waals surface area contributed by atoms with Crippen LogP contribution in [0, 0.1) is 0 Å². The van der Waals surface area contributed by atoms with Crippen molar-refractivity contribution in [3.63, 3.8) is 0 Å². The van der Waals surface area contributed by atoms with E-state index in [2.05, 4.69) is 43.5 Å². The maximum absolute atomic E-state index is 13.3. The van der Waals surface area contributed by atoms with Crippen LogP contribution in [0.1, 0.15) is 271 Å². The number of ether oxygens (including phenoxy) is 6.